The number of carbonyl (C=O) groups is 1. The molecule has 1 aromatic carbocycles. The van der Waals surface area contributed by atoms with Crippen molar-refractivity contribution in [1.82, 2.24) is 4.90 Å². The van der Waals surface area contributed by atoms with Crippen molar-refractivity contribution in [1.29, 1.82) is 0 Å². The van der Waals surface area contributed by atoms with Gasteiger partial charge in [0.1, 0.15) is 0 Å². The van der Waals surface area contributed by atoms with Crippen LogP contribution in [0.1, 0.15) is 31.2 Å². The second-order valence-electron chi connectivity index (χ2n) is 6.38. The second-order valence-corrected chi connectivity index (χ2v) is 6.38. The number of hydrogen-bond acceptors (Lipinski definition) is 2. The third-order valence-electron chi connectivity index (χ3n) is 5.00. The monoisotopic (exact) mass is 308 g/mol. The molecule has 0 bridgehead atoms. The summed E-state index contributed by atoms with van der Waals surface area (Å²) in [5, 5.41) is 0. The molecule has 0 radical (unpaired) electrons. The van der Waals surface area contributed by atoms with E-state index >= 15 is 0 Å². The average molecular weight is 309 g/mol. The minimum absolute atomic E-state index is 0. The number of nitrogens with zero attached hydrogens (tertiary/aromatic N) is 1. The van der Waals surface area contributed by atoms with E-state index in [1.54, 1.807) is 0 Å². The Labute approximate surface area is 133 Å². The average Bonchev–Trinajstić information content (AvgIpc) is 3.25. The Morgan fingerprint density at radius 3 is 2.52 bits per heavy atom. The lowest BCUT2D eigenvalue weighted by molar-refractivity contribution is -0.134. The summed E-state index contributed by atoms with van der Waals surface area (Å²) in [6, 6.07) is 10.5. The van der Waals surface area contributed by atoms with E-state index in [9.17, 15) is 4.79 Å². The molecule has 1 aromatic rings. The first-order valence-corrected chi connectivity index (χ1v) is 7.74. The van der Waals surface area contributed by atoms with E-state index in [1.165, 1.54) is 18.4 Å². The molecule has 1 amide bonds. The molecule has 1 aliphatic carbocycles. The first-order valence-electron chi connectivity index (χ1n) is 7.74. The Bertz CT molecular complexity index is 475. The first kappa shape index (κ1) is 16.3. The van der Waals surface area contributed by atoms with Crippen molar-refractivity contribution in [3.63, 3.8) is 0 Å². The van der Waals surface area contributed by atoms with Crippen molar-refractivity contribution in [3.05, 3.63) is 35.9 Å². The van der Waals surface area contributed by atoms with Gasteiger partial charge in [-0.3, -0.25) is 4.79 Å². The first-order chi connectivity index (χ1) is 9.70. The van der Waals surface area contributed by atoms with Gasteiger partial charge in [0.15, 0.2) is 0 Å². The lowest BCUT2D eigenvalue weighted by atomic mass is 9.89. The van der Waals surface area contributed by atoms with Gasteiger partial charge in [0.2, 0.25) is 5.91 Å². The fraction of sp³-hybridized carbons (Fsp3) is 0.588. The Kier molecular flexibility index (Phi) is 5.28. The molecular formula is C17H25ClN2O. The van der Waals surface area contributed by atoms with E-state index in [-0.39, 0.29) is 18.3 Å². The number of rotatable bonds is 4. The molecule has 1 saturated heterocycles. The Morgan fingerprint density at radius 1 is 1.29 bits per heavy atom. The van der Waals surface area contributed by atoms with E-state index in [1.807, 2.05) is 6.07 Å². The zero-order valence-electron chi connectivity index (χ0n) is 12.6. The largest absolute Gasteiger partial charge is 0.341 e. The van der Waals surface area contributed by atoms with Crippen LogP contribution in [0.2, 0.25) is 0 Å². The fourth-order valence-corrected chi connectivity index (χ4v) is 3.45. The summed E-state index contributed by atoms with van der Waals surface area (Å²) in [6.07, 6.45) is 2.45. The molecule has 2 aliphatic rings. The van der Waals surface area contributed by atoms with Crippen LogP contribution in [0, 0.1) is 17.8 Å². The summed E-state index contributed by atoms with van der Waals surface area (Å²) in [5.74, 6) is 1.96. The maximum atomic E-state index is 12.6. The van der Waals surface area contributed by atoms with Crippen LogP contribution in [-0.2, 0) is 4.79 Å². The Morgan fingerprint density at radius 2 is 1.95 bits per heavy atom. The molecule has 1 aliphatic heterocycles. The summed E-state index contributed by atoms with van der Waals surface area (Å²) >= 11 is 0. The third kappa shape index (κ3) is 3.41. The quantitative estimate of drug-likeness (QED) is 0.929. The van der Waals surface area contributed by atoms with Crippen LogP contribution in [0.4, 0.5) is 0 Å². The van der Waals surface area contributed by atoms with Crippen molar-refractivity contribution in [3.8, 4) is 0 Å². The second kappa shape index (κ2) is 6.80. The van der Waals surface area contributed by atoms with Crippen LogP contribution in [0.15, 0.2) is 30.3 Å². The number of benzene rings is 1. The van der Waals surface area contributed by atoms with Crippen LogP contribution in [0.25, 0.3) is 0 Å². The van der Waals surface area contributed by atoms with Crippen molar-refractivity contribution >= 4 is 18.3 Å². The zero-order valence-corrected chi connectivity index (χ0v) is 13.4. The lowest BCUT2D eigenvalue weighted by Gasteiger charge is -2.21. The van der Waals surface area contributed by atoms with Gasteiger partial charge in [0, 0.05) is 24.9 Å². The topological polar surface area (TPSA) is 46.3 Å². The molecule has 4 heteroatoms. The molecule has 0 spiro atoms. The summed E-state index contributed by atoms with van der Waals surface area (Å²) in [5.41, 5.74) is 7.25. The SMILES string of the molecule is CC(C(=O)N1C[C@@H](CN)[C@H](c2ccccc2)C1)C1CC1.Cl. The summed E-state index contributed by atoms with van der Waals surface area (Å²) in [7, 11) is 0. The molecule has 1 saturated carbocycles. The lowest BCUT2D eigenvalue weighted by Crippen LogP contribution is -2.34. The summed E-state index contributed by atoms with van der Waals surface area (Å²) in [6.45, 7) is 4.40. The molecule has 3 nitrogen and oxygen atoms in total. The van der Waals surface area contributed by atoms with Crippen LogP contribution >= 0.6 is 12.4 Å². The molecule has 3 atom stereocenters. The molecule has 1 unspecified atom stereocenters. The van der Waals surface area contributed by atoms with Crippen molar-refractivity contribution in [2.75, 3.05) is 19.6 Å². The van der Waals surface area contributed by atoms with E-state index in [2.05, 4.69) is 36.1 Å². The number of likely N-dealkylation sites (tertiary alicyclic amines) is 1. The standard InChI is InChI=1S/C17H24N2O.ClH/c1-12(13-7-8-13)17(20)19-10-15(9-18)16(11-19)14-5-3-2-4-6-14;/h2-6,12-13,15-16H,7-11,18H2,1H3;1H/t12?,15-,16+;/m1./s1. The van der Waals surface area contributed by atoms with Gasteiger partial charge in [0.05, 0.1) is 0 Å². The zero-order chi connectivity index (χ0) is 14.1. The van der Waals surface area contributed by atoms with Gasteiger partial charge < -0.3 is 10.6 Å². The number of halogens is 1. The van der Waals surface area contributed by atoms with Crippen molar-refractivity contribution in [2.45, 2.75) is 25.7 Å². The molecule has 1 heterocycles. The molecule has 2 N–H and O–H groups in total. The van der Waals surface area contributed by atoms with E-state index < -0.39 is 0 Å². The maximum Gasteiger partial charge on any atom is 0.225 e. The highest BCUT2D eigenvalue weighted by Crippen LogP contribution is 2.39. The highest BCUT2D eigenvalue weighted by molar-refractivity contribution is 5.85. The Balaban J connectivity index is 0.00000161. The van der Waals surface area contributed by atoms with Crippen molar-refractivity contribution in [2.24, 2.45) is 23.5 Å². The minimum atomic E-state index is 0. The van der Waals surface area contributed by atoms with E-state index in [4.69, 9.17) is 5.73 Å². The van der Waals surface area contributed by atoms with E-state index in [0.29, 0.717) is 30.2 Å². The maximum absolute atomic E-state index is 12.6. The van der Waals surface area contributed by atoms with Gasteiger partial charge >= 0.3 is 0 Å². The third-order valence-corrected chi connectivity index (χ3v) is 5.00. The van der Waals surface area contributed by atoms with Gasteiger partial charge in [-0.1, -0.05) is 37.3 Å². The van der Waals surface area contributed by atoms with Crippen LogP contribution in [-0.4, -0.2) is 30.4 Å². The molecule has 116 valence electrons. The molecule has 0 aromatic heterocycles. The van der Waals surface area contributed by atoms with Crippen LogP contribution in [0.5, 0.6) is 0 Å². The highest BCUT2D eigenvalue weighted by Gasteiger charge is 2.40. The van der Waals surface area contributed by atoms with Crippen LogP contribution < -0.4 is 5.73 Å². The molecule has 2 fully saturated rings. The number of nitrogens with two attached hydrogens (primary N) is 1. The normalized spacial score (nSPS) is 26.3. The highest BCUT2D eigenvalue weighted by atomic mass is 35.5. The molecular weight excluding hydrogens is 284 g/mol. The minimum Gasteiger partial charge on any atom is -0.341 e. The van der Waals surface area contributed by atoms with Gasteiger partial charge in [-0.15, -0.1) is 12.4 Å². The number of hydrogen-bond donors (Lipinski definition) is 1. The molecule has 3 rings (SSSR count). The fourth-order valence-electron chi connectivity index (χ4n) is 3.45. The van der Waals surface area contributed by atoms with Gasteiger partial charge in [-0.25, -0.2) is 0 Å². The smallest absolute Gasteiger partial charge is 0.225 e. The number of carbonyl (C=O) groups excluding carboxylic acids is 1. The predicted molar refractivity (Wildman–Crippen MR) is 87.4 cm³/mol. The van der Waals surface area contributed by atoms with Crippen LogP contribution in [0.3, 0.4) is 0 Å². The van der Waals surface area contributed by atoms with E-state index in [0.717, 1.165) is 13.1 Å². The summed E-state index contributed by atoms with van der Waals surface area (Å²) < 4.78 is 0. The van der Waals surface area contributed by atoms with Gasteiger partial charge in [-0.05, 0) is 36.8 Å². The predicted octanol–water partition coefficient (Wildman–Crippen LogP) is 2.66. The number of amides is 1. The van der Waals surface area contributed by atoms with Crippen molar-refractivity contribution < 1.29 is 4.79 Å². The van der Waals surface area contributed by atoms with Gasteiger partial charge in [-0.2, -0.15) is 0 Å². The Hall–Kier alpha value is -1.06. The summed E-state index contributed by atoms with van der Waals surface area (Å²) in [4.78, 5) is 14.6. The van der Waals surface area contributed by atoms with Gasteiger partial charge in [0.25, 0.3) is 0 Å². The molecule has 21 heavy (non-hydrogen) atoms.